The van der Waals surface area contributed by atoms with Crippen LogP contribution in [-0.4, -0.2) is 45.8 Å². The Morgan fingerprint density at radius 3 is 3.16 bits per heavy atom. The van der Waals surface area contributed by atoms with Gasteiger partial charge in [-0.05, 0) is 18.2 Å². The highest BCUT2D eigenvalue weighted by atomic mass is 35.5. The lowest BCUT2D eigenvalue weighted by atomic mass is 10.2. The minimum absolute atomic E-state index is 0.118. The summed E-state index contributed by atoms with van der Waals surface area (Å²) < 4.78 is 0. The maximum Gasteiger partial charge on any atom is 0.140 e. The minimum Gasteiger partial charge on any atom is -0.394 e. The monoisotopic (exact) mass is 295 g/mol. The first-order chi connectivity index (χ1) is 9.29. The van der Waals surface area contributed by atoms with Gasteiger partial charge >= 0.3 is 0 Å². The van der Waals surface area contributed by atoms with Crippen molar-refractivity contribution in [2.75, 3.05) is 29.6 Å². The number of aromatic nitrogens is 2. The third kappa shape index (κ3) is 2.50. The van der Waals surface area contributed by atoms with Gasteiger partial charge in [0.2, 0.25) is 0 Å². The molecule has 0 aliphatic carbocycles. The SMILES string of the molecule is OCC1CSCCN1c1ncnc2cc(Cl)ccc12. The summed E-state index contributed by atoms with van der Waals surface area (Å²) in [5.74, 6) is 2.87. The second-order valence-corrected chi connectivity index (χ2v) is 6.05. The van der Waals surface area contributed by atoms with Crippen molar-refractivity contribution in [2.45, 2.75) is 6.04 Å². The van der Waals surface area contributed by atoms with Crippen molar-refractivity contribution < 1.29 is 5.11 Å². The number of rotatable bonds is 2. The van der Waals surface area contributed by atoms with Crippen LogP contribution in [0.5, 0.6) is 0 Å². The molecule has 100 valence electrons. The van der Waals surface area contributed by atoms with Crippen LogP contribution in [0.25, 0.3) is 10.9 Å². The Hall–Kier alpha value is -1.04. The molecule has 1 aromatic heterocycles. The molecule has 2 aromatic rings. The zero-order valence-electron chi connectivity index (χ0n) is 10.3. The molecule has 1 aliphatic heterocycles. The molecular formula is C13H14ClN3OS. The molecule has 1 saturated heterocycles. The van der Waals surface area contributed by atoms with Crippen LogP contribution in [0.1, 0.15) is 0 Å². The third-order valence-electron chi connectivity index (χ3n) is 3.29. The van der Waals surface area contributed by atoms with Crippen LogP contribution in [0.4, 0.5) is 5.82 Å². The predicted octanol–water partition coefficient (Wildman–Crippen LogP) is 2.20. The molecule has 0 bridgehead atoms. The molecule has 1 aliphatic rings. The van der Waals surface area contributed by atoms with Gasteiger partial charge in [-0.1, -0.05) is 11.6 Å². The number of anilines is 1. The molecule has 1 unspecified atom stereocenters. The molecule has 4 nitrogen and oxygen atoms in total. The van der Waals surface area contributed by atoms with Crippen LogP contribution < -0.4 is 4.90 Å². The minimum atomic E-state index is 0.118. The third-order valence-corrected chi connectivity index (χ3v) is 4.61. The van der Waals surface area contributed by atoms with Crippen LogP contribution in [0, 0.1) is 0 Å². The highest BCUT2D eigenvalue weighted by Crippen LogP contribution is 2.29. The summed E-state index contributed by atoms with van der Waals surface area (Å²) >= 11 is 7.86. The topological polar surface area (TPSA) is 49.2 Å². The molecule has 1 N–H and O–H groups in total. The zero-order valence-corrected chi connectivity index (χ0v) is 11.9. The highest BCUT2D eigenvalue weighted by molar-refractivity contribution is 7.99. The van der Waals surface area contributed by atoms with Crippen molar-refractivity contribution in [3.8, 4) is 0 Å². The van der Waals surface area contributed by atoms with Crippen LogP contribution in [0.3, 0.4) is 0 Å². The first-order valence-corrected chi connectivity index (χ1v) is 7.68. The molecular weight excluding hydrogens is 282 g/mol. The quantitative estimate of drug-likeness (QED) is 0.920. The Kier molecular flexibility index (Phi) is 3.77. The van der Waals surface area contributed by atoms with Gasteiger partial charge in [0.05, 0.1) is 18.2 Å². The zero-order chi connectivity index (χ0) is 13.2. The van der Waals surface area contributed by atoms with Gasteiger partial charge < -0.3 is 10.0 Å². The van der Waals surface area contributed by atoms with Crippen molar-refractivity contribution >= 4 is 40.1 Å². The number of nitrogens with zero attached hydrogens (tertiary/aromatic N) is 3. The summed E-state index contributed by atoms with van der Waals surface area (Å²) in [4.78, 5) is 10.8. The number of halogens is 1. The molecule has 0 amide bonds. The fourth-order valence-electron chi connectivity index (χ4n) is 2.33. The molecule has 6 heteroatoms. The van der Waals surface area contributed by atoms with Crippen molar-refractivity contribution in [3.63, 3.8) is 0 Å². The standard InChI is InChI=1S/C13H14ClN3OS/c14-9-1-2-11-12(5-9)15-8-16-13(11)17-3-4-19-7-10(17)6-18/h1-2,5,8,10,18H,3-4,6-7H2. The second kappa shape index (κ2) is 5.53. The second-order valence-electron chi connectivity index (χ2n) is 4.46. The van der Waals surface area contributed by atoms with Crippen LogP contribution in [0.2, 0.25) is 5.02 Å². The largest absolute Gasteiger partial charge is 0.394 e. The lowest BCUT2D eigenvalue weighted by Gasteiger charge is -2.35. The fourth-order valence-corrected chi connectivity index (χ4v) is 3.55. The van der Waals surface area contributed by atoms with E-state index in [-0.39, 0.29) is 12.6 Å². The summed E-state index contributed by atoms with van der Waals surface area (Å²) in [7, 11) is 0. The molecule has 3 rings (SSSR count). The van der Waals surface area contributed by atoms with E-state index >= 15 is 0 Å². The van der Waals surface area contributed by atoms with Gasteiger partial charge in [-0.15, -0.1) is 0 Å². The predicted molar refractivity (Wildman–Crippen MR) is 80.1 cm³/mol. The molecule has 19 heavy (non-hydrogen) atoms. The summed E-state index contributed by atoms with van der Waals surface area (Å²) in [5.41, 5.74) is 0.840. The first-order valence-electron chi connectivity index (χ1n) is 6.15. The van der Waals surface area contributed by atoms with E-state index in [4.69, 9.17) is 11.6 Å². The van der Waals surface area contributed by atoms with Crippen LogP contribution >= 0.6 is 23.4 Å². The van der Waals surface area contributed by atoms with Crippen molar-refractivity contribution in [2.24, 2.45) is 0 Å². The van der Waals surface area contributed by atoms with E-state index in [1.54, 1.807) is 6.33 Å². The Labute approximate surface area is 120 Å². The molecule has 0 radical (unpaired) electrons. The lowest BCUT2D eigenvalue weighted by Crippen LogP contribution is -2.45. The van der Waals surface area contributed by atoms with Crippen molar-refractivity contribution in [1.29, 1.82) is 0 Å². The maximum absolute atomic E-state index is 9.52. The average molecular weight is 296 g/mol. The number of aliphatic hydroxyl groups excluding tert-OH is 1. The van der Waals surface area contributed by atoms with Gasteiger partial charge in [0.25, 0.3) is 0 Å². The van der Waals surface area contributed by atoms with Gasteiger partial charge in [0.1, 0.15) is 12.1 Å². The van der Waals surface area contributed by atoms with E-state index in [2.05, 4.69) is 14.9 Å². The van der Waals surface area contributed by atoms with Gasteiger partial charge in [-0.25, -0.2) is 9.97 Å². The summed E-state index contributed by atoms with van der Waals surface area (Å²) in [6, 6.07) is 5.76. The molecule has 2 heterocycles. The van der Waals surface area contributed by atoms with Gasteiger partial charge in [0, 0.05) is 28.5 Å². The number of benzene rings is 1. The molecule has 1 aromatic carbocycles. The van der Waals surface area contributed by atoms with E-state index in [9.17, 15) is 5.11 Å². The fraction of sp³-hybridized carbons (Fsp3) is 0.385. The highest BCUT2D eigenvalue weighted by Gasteiger charge is 2.24. The smallest absolute Gasteiger partial charge is 0.140 e. The normalized spacial score (nSPS) is 19.9. The maximum atomic E-state index is 9.52. The summed E-state index contributed by atoms with van der Waals surface area (Å²) in [6.45, 7) is 1.04. The van der Waals surface area contributed by atoms with Crippen molar-refractivity contribution in [3.05, 3.63) is 29.5 Å². The Morgan fingerprint density at radius 2 is 2.32 bits per heavy atom. The number of hydrogen-bond acceptors (Lipinski definition) is 5. The van der Waals surface area contributed by atoms with Crippen LogP contribution in [-0.2, 0) is 0 Å². The molecule has 0 spiro atoms. The lowest BCUT2D eigenvalue weighted by molar-refractivity contribution is 0.268. The number of thioether (sulfide) groups is 1. The average Bonchev–Trinajstić information content (AvgIpc) is 2.46. The molecule has 0 saturated carbocycles. The van der Waals surface area contributed by atoms with Gasteiger partial charge in [-0.2, -0.15) is 11.8 Å². The van der Waals surface area contributed by atoms with E-state index in [0.29, 0.717) is 5.02 Å². The van der Waals surface area contributed by atoms with Gasteiger partial charge in [-0.3, -0.25) is 0 Å². The Balaban J connectivity index is 2.08. The van der Waals surface area contributed by atoms with Crippen LogP contribution in [0.15, 0.2) is 24.5 Å². The number of hydrogen-bond donors (Lipinski definition) is 1. The van der Waals surface area contributed by atoms with Crippen molar-refractivity contribution in [1.82, 2.24) is 9.97 Å². The van der Waals surface area contributed by atoms with E-state index in [1.165, 1.54) is 0 Å². The van der Waals surface area contributed by atoms with E-state index < -0.39 is 0 Å². The summed E-state index contributed by atoms with van der Waals surface area (Å²) in [5, 5.41) is 11.2. The number of fused-ring (bicyclic) bond motifs is 1. The Morgan fingerprint density at radius 1 is 1.42 bits per heavy atom. The molecule has 1 fully saturated rings. The van der Waals surface area contributed by atoms with E-state index in [1.807, 2.05) is 30.0 Å². The Bertz CT molecular complexity index is 595. The summed E-state index contributed by atoms with van der Waals surface area (Å²) in [6.07, 6.45) is 1.56. The molecule has 1 atom stereocenters. The first kappa shape index (κ1) is 13.0. The van der Waals surface area contributed by atoms with Gasteiger partial charge in [0.15, 0.2) is 0 Å². The number of aliphatic hydroxyl groups is 1. The van der Waals surface area contributed by atoms with E-state index in [0.717, 1.165) is 34.8 Å².